The summed E-state index contributed by atoms with van der Waals surface area (Å²) in [5.74, 6) is -0.0689. The van der Waals surface area contributed by atoms with Gasteiger partial charge in [-0.05, 0) is 23.5 Å². The van der Waals surface area contributed by atoms with Crippen molar-refractivity contribution in [3.8, 4) is 0 Å². The number of hydrogen-bond donors (Lipinski definition) is 0. The molecule has 0 N–H and O–H groups in total. The molecule has 5 nitrogen and oxygen atoms in total. The summed E-state index contributed by atoms with van der Waals surface area (Å²) in [5.41, 5.74) is 0.939. The van der Waals surface area contributed by atoms with Crippen LogP contribution in [-0.2, 0) is 10.2 Å². The van der Waals surface area contributed by atoms with E-state index in [9.17, 15) is 14.9 Å². The van der Waals surface area contributed by atoms with Gasteiger partial charge in [-0.25, -0.2) is 0 Å². The van der Waals surface area contributed by atoms with Gasteiger partial charge < -0.3 is 4.74 Å². The number of nitro benzene ring substituents is 1. The molecule has 1 spiro atoms. The number of para-hydroxylation sites is 1. The van der Waals surface area contributed by atoms with Crippen molar-refractivity contribution in [1.82, 2.24) is 0 Å². The SMILES string of the molecule is CC1(C)C[C@]2(O[C@@H]2c2ccccc2[N+](=O)[O-])C(=O)c2ccccc21. The number of hydrogen-bond acceptors (Lipinski definition) is 4. The molecule has 0 unspecified atom stereocenters. The fourth-order valence-corrected chi connectivity index (χ4v) is 4.00. The van der Waals surface area contributed by atoms with E-state index in [2.05, 4.69) is 13.8 Å². The summed E-state index contributed by atoms with van der Waals surface area (Å²) in [6.45, 7) is 4.16. The van der Waals surface area contributed by atoms with Crippen molar-refractivity contribution in [2.45, 2.75) is 37.4 Å². The molecular weight excluding hydrogens is 306 g/mol. The Morgan fingerprint density at radius 2 is 1.79 bits per heavy atom. The maximum atomic E-state index is 13.1. The lowest BCUT2D eigenvalue weighted by molar-refractivity contribution is -0.385. The van der Waals surface area contributed by atoms with E-state index in [4.69, 9.17) is 4.74 Å². The fraction of sp³-hybridized carbons (Fsp3) is 0.316. The summed E-state index contributed by atoms with van der Waals surface area (Å²) in [7, 11) is 0. The highest BCUT2D eigenvalue weighted by molar-refractivity contribution is 6.07. The Morgan fingerprint density at radius 3 is 2.54 bits per heavy atom. The van der Waals surface area contributed by atoms with E-state index in [1.165, 1.54) is 6.07 Å². The number of carbonyl (C=O) groups excluding carboxylic acids is 1. The molecule has 1 aliphatic heterocycles. The minimum absolute atomic E-state index is 0.00356. The Kier molecular flexibility index (Phi) is 2.97. The number of ketones is 1. The molecule has 24 heavy (non-hydrogen) atoms. The lowest BCUT2D eigenvalue weighted by Crippen LogP contribution is -2.40. The van der Waals surface area contributed by atoms with Crippen LogP contribution in [0, 0.1) is 10.1 Å². The minimum Gasteiger partial charge on any atom is -0.352 e. The number of carbonyl (C=O) groups is 1. The molecule has 5 heteroatoms. The average Bonchev–Trinajstić information content (AvgIpc) is 3.27. The molecule has 2 aromatic carbocycles. The smallest absolute Gasteiger partial charge is 0.275 e. The summed E-state index contributed by atoms with van der Waals surface area (Å²) in [5, 5.41) is 11.3. The van der Waals surface area contributed by atoms with Gasteiger partial charge in [0.25, 0.3) is 5.69 Å². The first kappa shape index (κ1) is 15.0. The Bertz CT molecular complexity index is 873. The molecule has 0 aromatic heterocycles. The molecule has 2 atom stereocenters. The normalized spacial score (nSPS) is 26.9. The molecule has 4 rings (SSSR count). The van der Waals surface area contributed by atoms with Gasteiger partial charge in [-0.15, -0.1) is 0 Å². The largest absolute Gasteiger partial charge is 0.352 e. The second kappa shape index (κ2) is 4.74. The van der Waals surface area contributed by atoms with E-state index >= 15 is 0 Å². The monoisotopic (exact) mass is 323 g/mol. The van der Waals surface area contributed by atoms with Crippen molar-refractivity contribution in [3.05, 3.63) is 75.3 Å². The van der Waals surface area contributed by atoms with Gasteiger partial charge in [0, 0.05) is 11.6 Å². The Hall–Kier alpha value is -2.53. The molecule has 1 saturated heterocycles. The summed E-state index contributed by atoms with van der Waals surface area (Å²) in [4.78, 5) is 23.9. The van der Waals surface area contributed by atoms with Crippen LogP contribution in [0.15, 0.2) is 48.5 Å². The van der Waals surface area contributed by atoms with Gasteiger partial charge >= 0.3 is 0 Å². The van der Waals surface area contributed by atoms with Crippen molar-refractivity contribution in [2.75, 3.05) is 0 Å². The maximum absolute atomic E-state index is 13.1. The number of nitrogens with zero attached hydrogens (tertiary/aromatic N) is 1. The van der Waals surface area contributed by atoms with E-state index in [-0.39, 0.29) is 16.9 Å². The first-order valence-corrected chi connectivity index (χ1v) is 7.92. The predicted molar refractivity (Wildman–Crippen MR) is 88.1 cm³/mol. The number of nitro groups is 1. The van der Waals surface area contributed by atoms with Crippen molar-refractivity contribution in [1.29, 1.82) is 0 Å². The molecule has 0 saturated carbocycles. The molecule has 0 bridgehead atoms. The van der Waals surface area contributed by atoms with Gasteiger partial charge in [-0.2, -0.15) is 0 Å². The number of benzene rings is 2. The van der Waals surface area contributed by atoms with Gasteiger partial charge in [0.15, 0.2) is 11.4 Å². The highest BCUT2D eigenvalue weighted by Gasteiger charge is 2.68. The molecule has 2 aliphatic rings. The van der Waals surface area contributed by atoms with E-state index in [0.29, 0.717) is 17.5 Å². The second-order valence-corrected chi connectivity index (χ2v) is 7.14. The van der Waals surface area contributed by atoms with Crippen LogP contribution in [-0.4, -0.2) is 16.3 Å². The predicted octanol–water partition coefficient (Wildman–Crippen LogP) is 3.97. The zero-order chi connectivity index (χ0) is 17.1. The molecule has 1 heterocycles. The first-order valence-electron chi connectivity index (χ1n) is 7.92. The Balaban J connectivity index is 1.80. The van der Waals surface area contributed by atoms with Crippen molar-refractivity contribution >= 4 is 11.5 Å². The van der Waals surface area contributed by atoms with E-state index < -0.39 is 16.6 Å². The third-order valence-electron chi connectivity index (χ3n) is 5.10. The number of Topliss-reactive ketones (excluding diaryl/α,β-unsaturated/α-hetero) is 1. The van der Waals surface area contributed by atoms with Crippen LogP contribution in [0.1, 0.15) is 47.9 Å². The van der Waals surface area contributed by atoms with Gasteiger partial charge in [0.1, 0.15) is 6.10 Å². The highest BCUT2D eigenvalue weighted by Crippen LogP contribution is 2.61. The van der Waals surface area contributed by atoms with Crippen molar-refractivity contribution in [2.24, 2.45) is 0 Å². The van der Waals surface area contributed by atoms with Crippen molar-refractivity contribution < 1.29 is 14.5 Å². The van der Waals surface area contributed by atoms with Crippen LogP contribution in [0.5, 0.6) is 0 Å². The maximum Gasteiger partial charge on any atom is 0.275 e. The number of rotatable bonds is 2. The Labute approximate surface area is 139 Å². The van der Waals surface area contributed by atoms with Crippen molar-refractivity contribution in [3.63, 3.8) is 0 Å². The summed E-state index contributed by atoms with van der Waals surface area (Å²) in [6.07, 6.45) is -0.0359. The van der Waals surface area contributed by atoms with E-state index in [1.807, 2.05) is 24.3 Å². The number of ether oxygens (including phenoxy) is 1. The number of epoxide rings is 1. The van der Waals surface area contributed by atoms with Crippen LogP contribution in [0.4, 0.5) is 5.69 Å². The second-order valence-electron chi connectivity index (χ2n) is 7.14. The first-order chi connectivity index (χ1) is 11.4. The molecular formula is C19H17NO4. The third kappa shape index (κ3) is 1.94. The van der Waals surface area contributed by atoms with Crippen LogP contribution in [0.3, 0.4) is 0 Å². The fourth-order valence-electron chi connectivity index (χ4n) is 4.00. The summed E-state index contributed by atoms with van der Waals surface area (Å²) < 4.78 is 5.87. The zero-order valence-electron chi connectivity index (χ0n) is 13.5. The van der Waals surface area contributed by atoms with E-state index in [0.717, 1.165) is 5.56 Å². The molecule has 122 valence electrons. The summed E-state index contributed by atoms with van der Waals surface area (Å²) in [6, 6.07) is 14.1. The van der Waals surface area contributed by atoms with Crippen LogP contribution in [0.2, 0.25) is 0 Å². The molecule has 1 fully saturated rings. The molecule has 2 aromatic rings. The molecule has 0 amide bonds. The van der Waals surface area contributed by atoms with Crippen LogP contribution >= 0.6 is 0 Å². The number of fused-ring (bicyclic) bond motifs is 1. The molecule has 0 radical (unpaired) electrons. The van der Waals surface area contributed by atoms with Crippen LogP contribution in [0.25, 0.3) is 0 Å². The quantitative estimate of drug-likeness (QED) is 0.476. The molecule has 1 aliphatic carbocycles. The highest BCUT2D eigenvalue weighted by atomic mass is 16.6. The average molecular weight is 323 g/mol. The lowest BCUT2D eigenvalue weighted by Gasteiger charge is -2.35. The van der Waals surface area contributed by atoms with Crippen LogP contribution < -0.4 is 0 Å². The van der Waals surface area contributed by atoms with Gasteiger partial charge in [-0.1, -0.05) is 50.2 Å². The van der Waals surface area contributed by atoms with Gasteiger partial charge in [0.2, 0.25) is 0 Å². The third-order valence-corrected chi connectivity index (χ3v) is 5.10. The lowest BCUT2D eigenvalue weighted by atomic mass is 9.66. The van der Waals surface area contributed by atoms with Gasteiger partial charge in [0.05, 0.1) is 10.5 Å². The minimum atomic E-state index is -0.982. The standard InChI is InChI=1S/C19H17NO4/c1-18(2)11-19(16(21)12-7-3-5-9-14(12)18)17(24-19)13-8-4-6-10-15(13)20(22)23/h3-10,17H,11H2,1-2H3/t17-,19+/m1/s1. The Morgan fingerprint density at radius 1 is 1.12 bits per heavy atom. The zero-order valence-corrected chi connectivity index (χ0v) is 13.5. The topological polar surface area (TPSA) is 72.7 Å². The van der Waals surface area contributed by atoms with E-state index in [1.54, 1.807) is 18.2 Å². The van der Waals surface area contributed by atoms with Gasteiger partial charge in [-0.3, -0.25) is 14.9 Å². The summed E-state index contributed by atoms with van der Waals surface area (Å²) >= 11 is 0.